The summed E-state index contributed by atoms with van der Waals surface area (Å²) in [6.07, 6.45) is 15.2. The van der Waals surface area contributed by atoms with Crippen LogP contribution in [0.15, 0.2) is 0 Å². The van der Waals surface area contributed by atoms with E-state index in [0.29, 0.717) is 0 Å². The summed E-state index contributed by atoms with van der Waals surface area (Å²) in [5.74, 6) is 0.952. The molecule has 0 aromatic carbocycles. The monoisotopic (exact) mass is 255 g/mol. The summed E-state index contributed by atoms with van der Waals surface area (Å²) >= 11 is 2.09. The quantitative estimate of drug-likeness (QED) is 0.807. The maximum Gasteiger partial charge on any atom is 0.0198 e. The van der Waals surface area contributed by atoms with Gasteiger partial charge in [-0.2, -0.15) is 11.8 Å². The predicted molar refractivity (Wildman–Crippen MR) is 78.7 cm³/mol. The molecular formula is C15H29NS. The smallest absolute Gasteiger partial charge is 0.0198 e. The summed E-state index contributed by atoms with van der Waals surface area (Å²) in [6.45, 7) is 2.37. The van der Waals surface area contributed by atoms with Gasteiger partial charge in [-0.15, -0.1) is 0 Å². The first-order valence-corrected chi connectivity index (χ1v) is 8.92. The zero-order valence-electron chi connectivity index (χ0n) is 11.6. The van der Waals surface area contributed by atoms with Gasteiger partial charge in [-0.25, -0.2) is 0 Å². The average Bonchev–Trinajstić information content (AvgIpc) is 2.40. The van der Waals surface area contributed by atoms with Crippen molar-refractivity contribution in [2.24, 2.45) is 5.92 Å². The van der Waals surface area contributed by atoms with Crippen LogP contribution in [-0.4, -0.2) is 23.6 Å². The Balaban J connectivity index is 1.88. The lowest BCUT2D eigenvalue weighted by Crippen LogP contribution is -2.49. The first kappa shape index (κ1) is 13.7. The summed E-state index contributed by atoms with van der Waals surface area (Å²) in [4.78, 5) is 0. The van der Waals surface area contributed by atoms with Crippen molar-refractivity contribution in [3.05, 3.63) is 0 Å². The fourth-order valence-electron chi connectivity index (χ4n) is 3.76. The highest BCUT2D eigenvalue weighted by Crippen LogP contribution is 2.31. The Morgan fingerprint density at radius 2 is 1.59 bits per heavy atom. The second-order valence-corrected chi connectivity index (χ2v) is 6.97. The van der Waals surface area contributed by atoms with E-state index in [4.69, 9.17) is 0 Å². The van der Waals surface area contributed by atoms with Crippen LogP contribution >= 0.6 is 11.8 Å². The van der Waals surface area contributed by atoms with Crippen LogP contribution in [0.5, 0.6) is 0 Å². The summed E-state index contributed by atoms with van der Waals surface area (Å²) in [5, 5.41) is 4.92. The predicted octanol–water partition coefficient (Wildman–Crippen LogP) is 4.22. The van der Waals surface area contributed by atoms with Gasteiger partial charge in [0.15, 0.2) is 0 Å². The Hall–Kier alpha value is 0.310. The molecule has 2 aliphatic carbocycles. The van der Waals surface area contributed by atoms with E-state index in [0.717, 1.165) is 23.3 Å². The van der Waals surface area contributed by atoms with Gasteiger partial charge in [-0.3, -0.25) is 0 Å². The van der Waals surface area contributed by atoms with E-state index in [-0.39, 0.29) is 0 Å². The van der Waals surface area contributed by atoms with Crippen LogP contribution in [0.4, 0.5) is 0 Å². The normalized spacial score (nSPS) is 39.2. The van der Waals surface area contributed by atoms with Gasteiger partial charge >= 0.3 is 0 Å². The topological polar surface area (TPSA) is 12.0 Å². The van der Waals surface area contributed by atoms with Crippen molar-refractivity contribution in [3.63, 3.8) is 0 Å². The number of rotatable bonds is 4. The molecule has 17 heavy (non-hydrogen) atoms. The third-order valence-corrected chi connectivity index (χ3v) is 6.04. The Morgan fingerprint density at radius 1 is 0.941 bits per heavy atom. The fraction of sp³-hybridized carbons (Fsp3) is 1.00. The minimum Gasteiger partial charge on any atom is -0.310 e. The fourth-order valence-corrected chi connectivity index (χ4v) is 4.71. The lowest BCUT2D eigenvalue weighted by molar-refractivity contribution is 0.220. The van der Waals surface area contributed by atoms with Crippen LogP contribution in [0, 0.1) is 5.92 Å². The molecule has 2 saturated carbocycles. The molecule has 4 unspecified atom stereocenters. The van der Waals surface area contributed by atoms with Crippen LogP contribution in [0.2, 0.25) is 0 Å². The molecule has 2 aliphatic rings. The Morgan fingerprint density at radius 3 is 2.29 bits per heavy atom. The standard InChI is InChI=1S/C15H29NS/c1-3-12-8-4-5-9-13(12)16-14-10-6-7-11-15(14)17-2/h12-16H,3-11H2,1-2H3. The van der Waals surface area contributed by atoms with Gasteiger partial charge in [0.25, 0.3) is 0 Å². The summed E-state index contributed by atoms with van der Waals surface area (Å²) in [7, 11) is 0. The Kier molecular flexibility index (Phi) is 5.68. The van der Waals surface area contributed by atoms with Gasteiger partial charge in [-0.05, 0) is 37.9 Å². The van der Waals surface area contributed by atoms with E-state index in [1.54, 1.807) is 0 Å². The van der Waals surface area contributed by atoms with Crippen molar-refractivity contribution < 1.29 is 0 Å². The van der Waals surface area contributed by atoms with Crippen molar-refractivity contribution in [2.45, 2.75) is 82.0 Å². The molecule has 1 nitrogen and oxygen atoms in total. The van der Waals surface area contributed by atoms with E-state index in [1.165, 1.54) is 57.8 Å². The van der Waals surface area contributed by atoms with Crippen molar-refractivity contribution in [1.29, 1.82) is 0 Å². The molecule has 100 valence electrons. The largest absolute Gasteiger partial charge is 0.310 e. The molecule has 0 spiro atoms. The molecule has 1 N–H and O–H groups in total. The van der Waals surface area contributed by atoms with Crippen LogP contribution in [-0.2, 0) is 0 Å². The lowest BCUT2D eigenvalue weighted by Gasteiger charge is -2.39. The SMILES string of the molecule is CCC1CCCCC1NC1CCCCC1SC. The van der Waals surface area contributed by atoms with Crippen molar-refractivity contribution >= 4 is 11.8 Å². The van der Waals surface area contributed by atoms with Crippen molar-refractivity contribution in [1.82, 2.24) is 5.32 Å². The van der Waals surface area contributed by atoms with Crippen LogP contribution in [0.25, 0.3) is 0 Å². The zero-order valence-corrected chi connectivity index (χ0v) is 12.4. The number of hydrogen-bond acceptors (Lipinski definition) is 2. The van der Waals surface area contributed by atoms with E-state index in [1.807, 2.05) is 0 Å². The minimum absolute atomic E-state index is 0.802. The average molecular weight is 255 g/mol. The second kappa shape index (κ2) is 7.04. The first-order valence-electron chi connectivity index (χ1n) is 7.64. The van der Waals surface area contributed by atoms with Crippen LogP contribution in [0.3, 0.4) is 0 Å². The third kappa shape index (κ3) is 3.64. The molecule has 0 aromatic heterocycles. The molecule has 2 fully saturated rings. The summed E-state index contributed by atoms with van der Waals surface area (Å²) < 4.78 is 0. The molecule has 0 saturated heterocycles. The van der Waals surface area contributed by atoms with E-state index in [9.17, 15) is 0 Å². The molecule has 0 aliphatic heterocycles. The Labute approximate surface area is 112 Å². The molecule has 2 heteroatoms. The number of hydrogen-bond donors (Lipinski definition) is 1. The molecule has 0 bridgehead atoms. The zero-order chi connectivity index (χ0) is 12.1. The minimum atomic E-state index is 0.802. The van der Waals surface area contributed by atoms with Crippen LogP contribution < -0.4 is 5.32 Å². The first-order chi connectivity index (χ1) is 8.35. The summed E-state index contributed by atoms with van der Waals surface area (Å²) in [6, 6.07) is 1.63. The number of nitrogens with one attached hydrogen (secondary N) is 1. The molecule has 4 atom stereocenters. The van der Waals surface area contributed by atoms with Gasteiger partial charge in [0.05, 0.1) is 0 Å². The number of thioether (sulfide) groups is 1. The molecule has 0 amide bonds. The molecule has 0 aromatic rings. The molecule has 0 radical (unpaired) electrons. The van der Waals surface area contributed by atoms with Gasteiger partial charge in [0, 0.05) is 17.3 Å². The highest BCUT2D eigenvalue weighted by atomic mass is 32.2. The van der Waals surface area contributed by atoms with E-state index in [2.05, 4.69) is 30.3 Å². The third-order valence-electron chi connectivity index (χ3n) is 4.87. The van der Waals surface area contributed by atoms with Crippen LogP contribution in [0.1, 0.15) is 64.7 Å². The maximum atomic E-state index is 4.04. The lowest BCUT2D eigenvalue weighted by atomic mass is 9.81. The van der Waals surface area contributed by atoms with E-state index < -0.39 is 0 Å². The van der Waals surface area contributed by atoms with Crippen molar-refractivity contribution in [2.75, 3.05) is 6.26 Å². The highest BCUT2D eigenvalue weighted by Gasteiger charge is 2.30. The van der Waals surface area contributed by atoms with Gasteiger partial charge in [0.2, 0.25) is 0 Å². The highest BCUT2D eigenvalue weighted by molar-refractivity contribution is 7.99. The van der Waals surface area contributed by atoms with E-state index >= 15 is 0 Å². The van der Waals surface area contributed by atoms with Gasteiger partial charge < -0.3 is 5.32 Å². The summed E-state index contributed by atoms with van der Waals surface area (Å²) in [5.41, 5.74) is 0. The Bertz CT molecular complexity index is 197. The molecule has 0 heterocycles. The molecular weight excluding hydrogens is 226 g/mol. The second-order valence-electron chi connectivity index (χ2n) is 5.89. The van der Waals surface area contributed by atoms with Crippen molar-refractivity contribution in [3.8, 4) is 0 Å². The maximum absolute atomic E-state index is 4.04. The van der Waals surface area contributed by atoms with Gasteiger partial charge in [-0.1, -0.05) is 39.0 Å². The molecule has 2 rings (SSSR count). The van der Waals surface area contributed by atoms with Gasteiger partial charge in [0.1, 0.15) is 0 Å².